The molecule has 1 N–H and O–H groups in total. The van der Waals surface area contributed by atoms with E-state index in [4.69, 9.17) is 0 Å². The molecule has 0 heterocycles. The van der Waals surface area contributed by atoms with E-state index in [1.807, 2.05) is 0 Å². The Morgan fingerprint density at radius 2 is 2.12 bits per heavy atom. The maximum Gasteiger partial charge on any atom is 0.288 e. The highest BCUT2D eigenvalue weighted by Crippen LogP contribution is 2.26. The lowest BCUT2D eigenvalue weighted by Gasteiger charge is -2.06. The van der Waals surface area contributed by atoms with Crippen molar-refractivity contribution in [2.24, 2.45) is 0 Å². The topological polar surface area (TPSA) is 46.2 Å². The normalized spacial score (nSPS) is 12.0. The minimum atomic E-state index is -3.58. The van der Waals surface area contributed by atoms with Gasteiger partial charge in [-0.3, -0.25) is 0 Å². The van der Waals surface area contributed by atoms with E-state index in [1.54, 1.807) is 6.92 Å². The number of thioether (sulfide) groups is 1. The Hall–Kier alpha value is -0.660. The van der Waals surface area contributed by atoms with Crippen molar-refractivity contribution in [2.75, 3.05) is 6.54 Å². The molecule has 0 aliphatic heterocycles. The first kappa shape index (κ1) is 13.4. The van der Waals surface area contributed by atoms with Gasteiger partial charge in [-0.05, 0) is 18.2 Å². The molecule has 0 aliphatic rings. The fraction of sp³-hybridized carbons (Fsp3) is 0.333. The molecule has 0 saturated carbocycles. The molecule has 16 heavy (non-hydrogen) atoms. The summed E-state index contributed by atoms with van der Waals surface area (Å²) >= 11 is 0.321. The minimum Gasteiger partial charge on any atom is -0.211 e. The van der Waals surface area contributed by atoms with E-state index in [0.717, 1.165) is 0 Å². The van der Waals surface area contributed by atoms with Gasteiger partial charge in [-0.25, -0.2) is 13.1 Å². The fourth-order valence-corrected chi connectivity index (χ4v) is 2.81. The standard InChI is InChI=1S/C9H11F2NO2S2/c1-2-12-16(13,14)8-5-3-4-7(6-8)15-9(10)11/h3-6,9,12H,2H2,1H3. The van der Waals surface area contributed by atoms with Crippen LogP contribution in [-0.4, -0.2) is 20.7 Å². The highest BCUT2D eigenvalue weighted by molar-refractivity contribution is 7.99. The van der Waals surface area contributed by atoms with E-state index < -0.39 is 15.8 Å². The van der Waals surface area contributed by atoms with E-state index in [0.29, 0.717) is 11.8 Å². The van der Waals surface area contributed by atoms with Crippen LogP contribution < -0.4 is 4.72 Å². The predicted octanol–water partition coefficient (Wildman–Crippen LogP) is 2.30. The van der Waals surface area contributed by atoms with Gasteiger partial charge < -0.3 is 0 Å². The summed E-state index contributed by atoms with van der Waals surface area (Å²) < 4.78 is 49.6. The van der Waals surface area contributed by atoms with Gasteiger partial charge in [0.15, 0.2) is 0 Å². The number of nitrogens with one attached hydrogen (secondary N) is 1. The molecule has 0 saturated heterocycles. The average Bonchev–Trinajstić information content (AvgIpc) is 2.17. The van der Waals surface area contributed by atoms with Gasteiger partial charge in [0.1, 0.15) is 0 Å². The van der Waals surface area contributed by atoms with E-state index in [9.17, 15) is 17.2 Å². The first-order valence-corrected chi connectivity index (χ1v) is 6.86. The lowest BCUT2D eigenvalue weighted by atomic mass is 10.4. The van der Waals surface area contributed by atoms with E-state index in [1.165, 1.54) is 24.3 Å². The molecule has 1 aromatic rings. The Bertz CT molecular complexity index is 449. The maximum atomic E-state index is 12.1. The fourth-order valence-electron chi connectivity index (χ4n) is 1.09. The third-order valence-corrected chi connectivity index (χ3v) is 3.92. The largest absolute Gasteiger partial charge is 0.288 e. The minimum absolute atomic E-state index is 0.000000000000000444. The first-order chi connectivity index (χ1) is 7.45. The van der Waals surface area contributed by atoms with Crippen molar-refractivity contribution >= 4 is 21.8 Å². The smallest absolute Gasteiger partial charge is 0.211 e. The molecule has 7 heteroatoms. The van der Waals surface area contributed by atoms with Crippen LogP contribution in [0.4, 0.5) is 8.78 Å². The Morgan fingerprint density at radius 1 is 1.44 bits per heavy atom. The summed E-state index contributed by atoms with van der Waals surface area (Å²) in [6.45, 7) is 1.91. The third-order valence-electron chi connectivity index (χ3n) is 1.68. The molecule has 0 radical (unpaired) electrons. The summed E-state index contributed by atoms with van der Waals surface area (Å²) in [5.41, 5.74) is 0. The highest BCUT2D eigenvalue weighted by atomic mass is 32.2. The van der Waals surface area contributed by atoms with Crippen molar-refractivity contribution in [1.29, 1.82) is 0 Å². The Kier molecular flexibility index (Phi) is 4.69. The zero-order valence-electron chi connectivity index (χ0n) is 8.48. The second-order valence-electron chi connectivity index (χ2n) is 2.85. The van der Waals surface area contributed by atoms with Crippen LogP contribution in [0.2, 0.25) is 0 Å². The van der Waals surface area contributed by atoms with Crippen molar-refractivity contribution in [3.63, 3.8) is 0 Å². The summed E-state index contributed by atoms with van der Waals surface area (Å²) in [7, 11) is -3.58. The number of benzene rings is 1. The van der Waals surface area contributed by atoms with E-state index in [-0.39, 0.29) is 16.3 Å². The number of alkyl halides is 2. The quantitative estimate of drug-likeness (QED) is 0.833. The first-order valence-electron chi connectivity index (χ1n) is 4.50. The molecule has 0 atom stereocenters. The van der Waals surface area contributed by atoms with Crippen molar-refractivity contribution in [2.45, 2.75) is 22.5 Å². The van der Waals surface area contributed by atoms with Gasteiger partial charge >= 0.3 is 0 Å². The monoisotopic (exact) mass is 267 g/mol. The Balaban J connectivity index is 2.98. The molecule has 0 fully saturated rings. The van der Waals surface area contributed by atoms with Gasteiger partial charge in [-0.2, -0.15) is 8.78 Å². The SMILES string of the molecule is CCNS(=O)(=O)c1cccc(SC(F)F)c1. The maximum absolute atomic E-state index is 12.1. The predicted molar refractivity (Wildman–Crippen MR) is 59.2 cm³/mol. The van der Waals surface area contributed by atoms with Crippen LogP contribution in [0.15, 0.2) is 34.1 Å². The van der Waals surface area contributed by atoms with E-state index >= 15 is 0 Å². The van der Waals surface area contributed by atoms with Crippen LogP contribution in [0.25, 0.3) is 0 Å². The highest BCUT2D eigenvalue weighted by Gasteiger charge is 2.14. The lowest BCUT2D eigenvalue weighted by Crippen LogP contribution is -2.23. The summed E-state index contributed by atoms with van der Waals surface area (Å²) in [6, 6.07) is 5.49. The molecule has 0 bridgehead atoms. The van der Waals surface area contributed by atoms with Crippen molar-refractivity contribution in [3.05, 3.63) is 24.3 Å². The van der Waals surface area contributed by atoms with Crippen molar-refractivity contribution in [3.8, 4) is 0 Å². The van der Waals surface area contributed by atoms with Gasteiger partial charge in [-0.15, -0.1) is 0 Å². The van der Waals surface area contributed by atoms with Crippen LogP contribution in [0.5, 0.6) is 0 Å². The van der Waals surface area contributed by atoms with Crippen LogP contribution in [0.1, 0.15) is 6.92 Å². The summed E-state index contributed by atoms with van der Waals surface area (Å²) in [5.74, 6) is -2.56. The summed E-state index contributed by atoms with van der Waals surface area (Å²) in [6.07, 6.45) is 0. The van der Waals surface area contributed by atoms with Gasteiger partial charge in [0.25, 0.3) is 5.76 Å². The number of hydrogen-bond acceptors (Lipinski definition) is 3. The van der Waals surface area contributed by atoms with Crippen molar-refractivity contribution < 1.29 is 17.2 Å². The van der Waals surface area contributed by atoms with Gasteiger partial charge in [0.05, 0.1) is 4.90 Å². The zero-order chi connectivity index (χ0) is 12.2. The molecule has 0 aliphatic carbocycles. The Morgan fingerprint density at radius 3 is 2.69 bits per heavy atom. The molecule has 0 amide bonds. The van der Waals surface area contributed by atoms with Crippen LogP contribution in [-0.2, 0) is 10.0 Å². The second kappa shape index (κ2) is 5.60. The molecule has 0 spiro atoms. The van der Waals surface area contributed by atoms with Crippen LogP contribution in [0.3, 0.4) is 0 Å². The van der Waals surface area contributed by atoms with Gasteiger partial charge in [0, 0.05) is 11.4 Å². The molecule has 0 aromatic heterocycles. The number of hydrogen-bond donors (Lipinski definition) is 1. The second-order valence-corrected chi connectivity index (χ2v) is 5.69. The molecular formula is C9H11F2NO2S2. The van der Waals surface area contributed by atoms with Crippen molar-refractivity contribution in [1.82, 2.24) is 4.72 Å². The molecule has 1 rings (SSSR count). The van der Waals surface area contributed by atoms with Crippen LogP contribution in [0, 0.1) is 0 Å². The zero-order valence-corrected chi connectivity index (χ0v) is 10.1. The average molecular weight is 267 g/mol. The van der Waals surface area contributed by atoms with E-state index in [2.05, 4.69) is 4.72 Å². The molecule has 3 nitrogen and oxygen atoms in total. The van der Waals surface area contributed by atoms with Gasteiger partial charge in [-0.1, -0.05) is 24.8 Å². The van der Waals surface area contributed by atoms with Gasteiger partial charge in [0.2, 0.25) is 10.0 Å². The third kappa shape index (κ3) is 3.73. The number of rotatable bonds is 5. The van der Waals surface area contributed by atoms with Crippen LogP contribution >= 0.6 is 11.8 Å². The summed E-state index contributed by atoms with van der Waals surface area (Å²) in [4.78, 5) is 0.231. The molecule has 90 valence electrons. The number of halogens is 2. The number of sulfonamides is 1. The molecular weight excluding hydrogens is 256 g/mol. The molecule has 0 unspecified atom stereocenters. The Labute approximate surface area is 97.3 Å². The lowest BCUT2D eigenvalue weighted by molar-refractivity contribution is 0.252. The molecule has 1 aromatic carbocycles. The summed E-state index contributed by atoms with van der Waals surface area (Å²) in [5, 5.41) is 0.